The third-order valence-electron chi connectivity index (χ3n) is 2.09. The number of halogens is 1. The molecule has 0 amide bonds. The molecule has 1 aromatic rings. The van der Waals surface area contributed by atoms with E-state index in [1.807, 2.05) is 0 Å². The van der Waals surface area contributed by atoms with Crippen molar-refractivity contribution in [3.8, 4) is 0 Å². The lowest BCUT2D eigenvalue weighted by atomic mass is 10.4. The highest BCUT2D eigenvalue weighted by Crippen LogP contribution is 2.13. The van der Waals surface area contributed by atoms with Gasteiger partial charge in [-0.3, -0.25) is 0 Å². The summed E-state index contributed by atoms with van der Waals surface area (Å²) >= 11 is 5.68. The summed E-state index contributed by atoms with van der Waals surface area (Å²) in [5.74, 6) is 0. The van der Waals surface area contributed by atoms with Crippen LogP contribution in [0.2, 0.25) is 5.02 Å². The minimum absolute atomic E-state index is 0.0396. The Morgan fingerprint density at radius 3 is 2.24 bits per heavy atom. The third kappa shape index (κ3) is 4.25. The molecular weight excluding hydrogens is 266 g/mol. The number of sulfonamides is 1. The average Bonchev–Trinajstić information content (AvgIpc) is 2.31. The Balaban J connectivity index is 2.72. The Bertz CT molecular complexity index is 442. The smallest absolute Gasteiger partial charge is 0.240 e. The molecule has 0 saturated carbocycles. The van der Waals surface area contributed by atoms with Crippen molar-refractivity contribution in [3.63, 3.8) is 0 Å². The minimum Gasteiger partial charge on any atom is -0.355 e. The summed E-state index contributed by atoms with van der Waals surface area (Å²) < 4.78 is 35.8. The molecule has 1 aromatic carbocycles. The van der Waals surface area contributed by atoms with E-state index in [1.165, 1.54) is 38.5 Å². The molecule has 0 atom stereocenters. The van der Waals surface area contributed by atoms with Gasteiger partial charge in [-0.2, -0.15) is 0 Å². The highest BCUT2D eigenvalue weighted by molar-refractivity contribution is 7.89. The largest absolute Gasteiger partial charge is 0.355 e. The van der Waals surface area contributed by atoms with Crippen molar-refractivity contribution in [2.24, 2.45) is 0 Å². The van der Waals surface area contributed by atoms with Gasteiger partial charge in [-0.1, -0.05) is 11.6 Å². The van der Waals surface area contributed by atoms with Gasteiger partial charge in [-0.05, 0) is 24.3 Å². The van der Waals surface area contributed by atoms with Crippen LogP contribution >= 0.6 is 11.6 Å². The number of hydrogen-bond donors (Lipinski definition) is 1. The summed E-state index contributed by atoms with van der Waals surface area (Å²) in [5.41, 5.74) is 0. The van der Waals surface area contributed by atoms with Crippen LogP contribution in [-0.2, 0) is 19.5 Å². The quantitative estimate of drug-likeness (QED) is 0.796. The van der Waals surface area contributed by atoms with Gasteiger partial charge in [0, 0.05) is 19.2 Å². The van der Waals surface area contributed by atoms with Crippen LogP contribution in [0.5, 0.6) is 0 Å². The number of methoxy groups -OCH3 is 2. The lowest BCUT2D eigenvalue weighted by Gasteiger charge is -2.14. The van der Waals surface area contributed by atoms with Crippen LogP contribution in [0.15, 0.2) is 29.2 Å². The highest BCUT2D eigenvalue weighted by Gasteiger charge is 2.16. The molecule has 0 fully saturated rings. The molecule has 0 aliphatic rings. The molecule has 0 saturated heterocycles. The van der Waals surface area contributed by atoms with E-state index in [0.29, 0.717) is 5.02 Å². The van der Waals surface area contributed by atoms with Gasteiger partial charge in [-0.15, -0.1) is 0 Å². The van der Waals surface area contributed by atoms with Crippen LogP contribution in [-0.4, -0.2) is 35.5 Å². The van der Waals surface area contributed by atoms with Gasteiger partial charge < -0.3 is 9.47 Å². The van der Waals surface area contributed by atoms with E-state index in [0.717, 1.165) is 0 Å². The minimum atomic E-state index is -3.56. The summed E-state index contributed by atoms with van der Waals surface area (Å²) in [6.45, 7) is 0.0396. The SMILES string of the molecule is COC(CNS(=O)(=O)c1ccc(Cl)cc1)OC. The Morgan fingerprint density at radius 1 is 1.24 bits per heavy atom. The molecule has 0 aliphatic carbocycles. The Kier molecular flexibility index (Phi) is 5.35. The van der Waals surface area contributed by atoms with Gasteiger partial charge in [0.25, 0.3) is 0 Å². The second kappa shape index (κ2) is 6.32. The summed E-state index contributed by atoms with van der Waals surface area (Å²) in [6.07, 6.45) is -0.614. The summed E-state index contributed by atoms with van der Waals surface area (Å²) in [7, 11) is -0.690. The van der Waals surface area contributed by atoms with Gasteiger partial charge in [-0.25, -0.2) is 13.1 Å². The number of rotatable bonds is 6. The second-order valence-corrected chi connectivity index (χ2v) is 5.41. The average molecular weight is 280 g/mol. The number of hydrogen-bond acceptors (Lipinski definition) is 4. The monoisotopic (exact) mass is 279 g/mol. The highest BCUT2D eigenvalue weighted by atomic mass is 35.5. The van der Waals surface area contributed by atoms with Crippen molar-refractivity contribution in [3.05, 3.63) is 29.3 Å². The zero-order valence-electron chi connectivity index (χ0n) is 9.51. The first-order chi connectivity index (χ1) is 7.99. The van der Waals surface area contributed by atoms with Gasteiger partial charge in [0.2, 0.25) is 10.0 Å². The molecule has 1 rings (SSSR count). The molecular formula is C10H14ClNO4S. The lowest BCUT2D eigenvalue weighted by molar-refractivity contribution is -0.0960. The molecule has 1 N–H and O–H groups in total. The Labute approximate surface area is 106 Å². The van der Waals surface area contributed by atoms with Crippen molar-refractivity contribution >= 4 is 21.6 Å². The lowest BCUT2D eigenvalue weighted by Crippen LogP contribution is -2.34. The molecule has 0 spiro atoms. The maximum atomic E-state index is 11.8. The Hall–Kier alpha value is -0.660. The molecule has 0 bridgehead atoms. The van der Waals surface area contributed by atoms with Gasteiger partial charge in [0.15, 0.2) is 6.29 Å². The van der Waals surface area contributed by atoms with Gasteiger partial charge in [0.05, 0.1) is 11.4 Å². The van der Waals surface area contributed by atoms with Crippen LogP contribution < -0.4 is 4.72 Å². The molecule has 5 nitrogen and oxygen atoms in total. The molecule has 0 radical (unpaired) electrons. The number of benzene rings is 1. The van der Waals surface area contributed by atoms with Crippen molar-refractivity contribution in [2.75, 3.05) is 20.8 Å². The van der Waals surface area contributed by atoms with E-state index < -0.39 is 16.3 Å². The molecule has 0 aromatic heterocycles. The molecule has 96 valence electrons. The maximum Gasteiger partial charge on any atom is 0.240 e. The fourth-order valence-corrected chi connectivity index (χ4v) is 2.28. The summed E-state index contributed by atoms with van der Waals surface area (Å²) in [6, 6.07) is 5.89. The number of nitrogens with one attached hydrogen (secondary N) is 1. The van der Waals surface area contributed by atoms with E-state index in [2.05, 4.69) is 4.72 Å². The van der Waals surface area contributed by atoms with Crippen LogP contribution in [0.1, 0.15) is 0 Å². The van der Waals surface area contributed by atoms with Gasteiger partial charge in [0.1, 0.15) is 0 Å². The zero-order chi connectivity index (χ0) is 12.9. The van der Waals surface area contributed by atoms with Crippen molar-refractivity contribution in [1.82, 2.24) is 4.72 Å². The third-order valence-corrected chi connectivity index (χ3v) is 3.78. The second-order valence-electron chi connectivity index (χ2n) is 3.21. The fourth-order valence-electron chi connectivity index (χ4n) is 1.14. The normalized spacial score (nSPS) is 12.0. The number of ether oxygens (including phenoxy) is 2. The molecule has 17 heavy (non-hydrogen) atoms. The molecule has 0 unspecified atom stereocenters. The van der Waals surface area contributed by atoms with E-state index in [-0.39, 0.29) is 11.4 Å². The van der Waals surface area contributed by atoms with Crippen LogP contribution in [0.4, 0.5) is 0 Å². The van der Waals surface area contributed by atoms with Crippen LogP contribution in [0, 0.1) is 0 Å². The standard InChI is InChI=1S/C10H14ClNO4S/c1-15-10(16-2)7-12-17(13,14)9-5-3-8(11)4-6-9/h3-6,10,12H,7H2,1-2H3. The summed E-state index contributed by atoms with van der Waals surface area (Å²) in [4.78, 5) is 0.146. The topological polar surface area (TPSA) is 64.6 Å². The first kappa shape index (κ1) is 14.4. The summed E-state index contributed by atoms with van der Waals surface area (Å²) in [5, 5.41) is 0.482. The van der Waals surface area contributed by atoms with Crippen LogP contribution in [0.3, 0.4) is 0 Å². The van der Waals surface area contributed by atoms with E-state index in [4.69, 9.17) is 21.1 Å². The molecule has 0 aliphatic heterocycles. The van der Waals surface area contributed by atoms with E-state index in [9.17, 15) is 8.42 Å². The first-order valence-electron chi connectivity index (χ1n) is 4.80. The predicted octanol–water partition coefficient (Wildman–Crippen LogP) is 1.24. The zero-order valence-corrected chi connectivity index (χ0v) is 11.1. The Morgan fingerprint density at radius 2 is 1.76 bits per heavy atom. The van der Waals surface area contributed by atoms with E-state index >= 15 is 0 Å². The molecule has 7 heteroatoms. The van der Waals surface area contributed by atoms with Crippen molar-refractivity contribution < 1.29 is 17.9 Å². The first-order valence-corrected chi connectivity index (χ1v) is 6.66. The fraction of sp³-hybridized carbons (Fsp3) is 0.400. The van der Waals surface area contributed by atoms with Crippen molar-refractivity contribution in [2.45, 2.75) is 11.2 Å². The van der Waals surface area contributed by atoms with Gasteiger partial charge >= 0.3 is 0 Å². The predicted molar refractivity (Wildman–Crippen MR) is 64.4 cm³/mol. The maximum absolute atomic E-state index is 11.8. The molecule has 0 heterocycles. The van der Waals surface area contributed by atoms with Crippen molar-refractivity contribution in [1.29, 1.82) is 0 Å². The van der Waals surface area contributed by atoms with Crippen LogP contribution in [0.25, 0.3) is 0 Å². The van der Waals surface area contributed by atoms with E-state index in [1.54, 1.807) is 0 Å².